The highest BCUT2D eigenvalue weighted by Gasteiger charge is 2.41. The van der Waals surface area contributed by atoms with E-state index in [0.717, 1.165) is 0 Å². The molecule has 0 bridgehead atoms. The van der Waals surface area contributed by atoms with Crippen molar-refractivity contribution in [3.05, 3.63) is 36.5 Å². The predicted octanol–water partition coefficient (Wildman–Crippen LogP) is 0.195. The normalized spacial score (nSPS) is 26.4. The van der Waals surface area contributed by atoms with Crippen LogP contribution in [0.5, 0.6) is 0 Å². The summed E-state index contributed by atoms with van der Waals surface area (Å²) in [5, 5.41) is 11.3. The number of piperidine rings is 1. The van der Waals surface area contributed by atoms with Crippen LogP contribution in [-0.2, 0) is 14.4 Å². The monoisotopic (exact) mass is 271 g/mol. The zero-order valence-electron chi connectivity index (χ0n) is 10.7. The molecule has 2 rings (SSSR count). The number of rotatable bonds is 3. The maximum absolute atomic E-state index is 12.3. The van der Waals surface area contributed by atoms with Gasteiger partial charge in [0.2, 0.25) is 11.8 Å². The number of nitrogens with zero attached hydrogens (tertiary/aromatic N) is 2. The SMILES string of the molecule is C=C/C=C\C1=CC(C#N)N(C2CCC(=O)NC2=O)C1=O. The fourth-order valence-corrected chi connectivity index (χ4v) is 2.28. The number of carbonyl (C=O) groups excluding carboxylic acids is 3. The second kappa shape index (κ2) is 5.53. The van der Waals surface area contributed by atoms with Crippen LogP contribution in [0.2, 0.25) is 0 Å². The quantitative estimate of drug-likeness (QED) is 0.586. The summed E-state index contributed by atoms with van der Waals surface area (Å²) in [6, 6.07) is 0.407. The van der Waals surface area contributed by atoms with E-state index in [1.165, 1.54) is 17.1 Å². The number of amides is 3. The van der Waals surface area contributed by atoms with E-state index in [4.69, 9.17) is 5.26 Å². The number of hydrogen-bond donors (Lipinski definition) is 1. The Hall–Kier alpha value is -2.68. The summed E-state index contributed by atoms with van der Waals surface area (Å²) in [6.07, 6.45) is 6.56. The van der Waals surface area contributed by atoms with Crippen molar-refractivity contribution in [3.8, 4) is 6.07 Å². The van der Waals surface area contributed by atoms with Crippen molar-refractivity contribution < 1.29 is 14.4 Å². The number of carbonyl (C=O) groups is 3. The van der Waals surface area contributed by atoms with E-state index in [-0.39, 0.29) is 24.7 Å². The molecule has 0 aromatic carbocycles. The van der Waals surface area contributed by atoms with Gasteiger partial charge in [-0.3, -0.25) is 19.7 Å². The zero-order chi connectivity index (χ0) is 14.7. The molecule has 3 amide bonds. The molecule has 0 saturated carbocycles. The van der Waals surface area contributed by atoms with E-state index in [1.807, 2.05) is 6.07 Å². The van der Waals surface area contributed by atoms with Gasteiger partial charge in [0.15, 0.2) is 0 Å². The van der Waals surface area contributed by atoms with Crippen molar-refractivity contribution in [2.75, 3.05) is 0 Å². The van der Waals surface area contributed by atoms with E-state index < -0.39 is 18.0 Å². The van der Waals surface area contributed by atoms with Crippen LogP contribution >= 0.6 is 0 Å². The number of allylic oxidation sites excluding steroid dienone is 2. The van der Waals surface area contributed by atoms with Crippen LogP contribution in [0.3, 0.4) is 0 Å². The summed E-state index contributed by atoms with van der Waals surface area (Å²) in [4.78, 5) is 36.5. The molecule has 0 spiro atoms. The summed E-state index contributed by atoms with van der Waals surface area (Å²) in [7, 11) is 0. The van der Waals surface area contributed by atoms with Crippen LogP contribution in [-0.4, -0.2) is 34.7 Å². The van der Waals surface area contributed by atoms with Gasteiger partial charge >= 0.3 is 0 Å². The molecule has 6 heteroatoms. The van der Waals surface area contributed by atoms with Crippen LogP contribution in [0.4, 0.5) is 0 Å². The van der Waals surface area contributed by atoms with Crippen LogP contribution in [0, 0.1) is 11.3 Å². The third-order valence-electron chi connectivity index (χ3n) is 3.21. The molecule has 1 N–H and O–H groups in total. The maximum Gasteiger partial charge on any atom is 0.255 e. The first-order valence-electron chi connectivity index (χ1n) is 6.15. The number of nitrogens with one attached hydrogen (secondary N) is 1. The molecule has 20 heavy (non-hydrogen) atoms. The Bertz CT molecular complexity index is 583. The van der Waals surface area contributed by atoms with Gasteiger partial charge in [-0.15, -0.1) is 0 Å². The Morgan fingerprint density at radius 1 is 1.45 bits per heavy atom. The molecule has 2 heterocycles. The highest BCUT2D eigenvalue weighted by atomic mass is 16.2. The molecular formula is C14H13N3O3. The topological polar surface area (TPSA) is 90.3 Å². The Balaban J connectivity index is 2.24. The van der Waals surface area contributed by atoms with Crippen molar-refractivity contribution in [2.45, 2.75) is 24.9 Å². The largest absolute Gasteiger partial charge is 0.307 e. The van der Waals surface area contributed by atoms with Crippen LogP contribution in [0.1, 0.15) is 12.8 Å². The lowest BCUT2D eigenvalue weighted by atomic mass is 10.0. The van der Waals surface area contributed by atoms with Crippen molar-refractivity contribution >= 4 is 17.7 Å². The first-order valence-corrected chi connectivity index (χ1v) is 6.15. The molecule has 0 aliphatic carbocycles. The van der Waals surface area contributed by atoms with Gasteiger partial charge in [0.25, 0.3) is 5.91 Å². The Morgan fingerprint density at radius 2 is 2.20 bits per heavy atom. The summed E-state index contributed by atoms with van der Waals surface area (Å²) in [6.45, 7) is 3.51. The van der Waals surface area contributed by atoms with Gasteiger partial charge in [0.05, 0.1) is 6.07 Å². The summed E-state index contributed by atoms with van der Waals surface area (Å²) in [5.41, 5.74) is 0.348. The molecule has 102 valence electrons. The molecule has 1 saturated heterocycles. The van der Waals surface area contributed by atoms with Crippen LogP contribution < -0.4 is 5.32 Å². The molecule has 2 aliphatic rings. The van der Waals surface area contributed by atoms with Gasteiger partial charge in [0.1, 0.15) is 12.1 Å². The summed E-state index contributed by atoms with van der Waals surface area (Å²) < 4.78 is 0. The Labute approximate surface area is 116 Å². The lowest BCUT2D eigenvalue weighted by molar-refractivity contribution is -0.143. The van der Waals surface area contributed by atoms with Gasteiger partial charge in [-0.1, -0.05) is 18.7 Å². The molecule has 2 atom stereocenters. The third kappa shape index (κ3) is 2.38. The second-order valence-electron chi connectivity index (χ2n) is 4.47. The van der Waals surface area contributed by atoms with E-state index in [2.05, 4.69) is 11.9 Å². The second-order valence-corrected chi connectivity index (χ2v) is 4.47. The van der Waals surface area contributed by atoms with Crippen LogP contribution in [0.15, 0.2) is 36.5 Å². The molecule has 0 radical (unpaired) electrons. The third-order valence-corrected chi connectivity index (χ3v) is 3.21. The molecule has 1 fully saturated rings. The van der Waals surface area contributed by atoms with Crippen molar-refractivity contribution in [2.24, 2.45) is 0 Å². The minimum Gasteiger partial charge on any atom is -0.307 e. The molecule has 6 nitrogen and oxygen atoms in total. The fourth-order valence-electron chi connectivity index (χ4n) is 2.28. The van der Waals surface area contributed by atoms with Gasteiger partial charge in [-0.05, 0) is 18.6 Å². The molecule has 0 aromatic rings. The average molecular weight is 271 g/mol. The Morgan fingerprint density at radius 3 is 2.80 bits per heavy atom. The van der Waals surface area contributed by atoms with E-state index in [0.29, 0.717) is 5.57 Å². The predicted molar refractivity (Wildman–Crippen MR) is 69.8 cm³/mol. The minimum atomic E-state index is -0.795. The number of hydrogen-bond acceptors (Lipinski definition) is 4. The fraction of sp³-hybridized carbons (Fsp3) is 0.286. The number of nitriles is 1. The van der Waals surface area contributed by atoms with Crippen LogP contribution in [0.25, 0.3) is 0 Å². The summed E-state index contributed by atoms with van der Waals surface area (Å²) in [5.74, 6) is -1.27. The lowest BCUT2D eigenvalue weighted by Crippen LogP contribution is -2.55. The van der Waals surface area contributed by atoms with Gasteiger partial charge in [-0.2, -0.15) is 5.26 Å². The molecule has 2 unspecified atom stereocenters. The highest BCUT2D eigenvalue weighted by molar-refractivity contribution is 6.06. The Kier molecular flexibility index (Phi) is 3.80. The summed E-state index contributed by atoms with van der Waals surface area (Å²) >= 11 is 0. The first-order chi connectivity index (χ1) is 9.58. The molecule has 0 aromatic heterocycles. The standard InChI is InChI=1S/C14H13N3O3/c1-2-3-4-9-7-10(8-15)17(14(9)20)11-5-6-12(18)16-13(11)19/h2-4,7,10-11H,1,5-6H2,(H,16,18,19)/b4-3-. The smallest absolute Gasteiger partial charge is 0.255 e. The van der Waals surface area contributed by atoms with E-state index in [1.54, 1.807) is 12.2 Å². The maximum atomic E-state index is 12.3. The minimum absolute atomic E-state index is 0.163. The molecule has 2 aliphatic heterocycles. The van der Waals surface area contributed by atoms with Gasteiger partial charge in [-0.25, -0.2) is 0 Å². The van der Waals surface area contributed by atoms with Gasteiger partial charge in [0, 0.05) is 12.0 Å². The van der Waals surface area contributed by atoms with Crippen molar-refractivity contribution in [1.29, 1.82) is 5.26 Å². The lowest BCUT2D eigenvalue weighted by Gasteiger charge is -2.31. The van der Waals surface area contributed by atoms with Crippen molar-refractivity contribution in [1.82, 2.24) is 10.2 Å². The number of imide groups is 1. The highest BCUT2D eigenvalue weighted by Crippen LogP contribution is 2.25. The van der Waals surface area contributed by atoms with Crippen molar-refractivity contribution in [3.63, 3.8) is 0 Å². The first kappa shape index (κ1) is 13.7. The average Bonchev–Trinajstić information content (AvgIpc) is 2.73. The van der Waals surface area contributed by atoms with Gasteiger partial charge < -0.3 is 4.90 Å². The van der Waals surface area contributed by atoms with E-state index in [9.17, 15) is 14.4 Å². The zero-order valence-corrected chi connectivity index (χ0v) is 10.7. The van der Waals surface area contributed by atoms with E-state index >= 15 is 0 Å². The molecular weight excluding hydrogens is 258 g/mol.